The first kappa shape index (κ1) is 34.9. The van der Waals surface area contributed by atoms with Crippen molar-refractivity contribution in [3.05, 3.63) is 0 Å². The van der Waals surface area contributed by atoms with Crippen molar-refractivity contribution in [2.24, 2.45) is 0 Å². The third-order valence-electron chi connectivity index (χ3n) is 3.93. The Bertz CT molecular complexity index is 428. The highest BCUT2D eigenvalue weighted by molar-refractivity contribution is 8.30. The van der Waals surface area contributed by atoms with Gasteiger partial charge in [0.2, 0.25) is 0 Å². The molecule has 0 N–H and O–H groups in total. The maximum Gasteiger partial charge on any atom is 0.0651 e. The molecule has 5 atom stereocenters. The average molecular weight is 701 g/mol. The average Bonchev–Trinajstić information content (AvgIpc) is 2.77. The molecule has 0 bridgehead atoms. The first-order valence-electron chi connectivity index (χ1n) is 10.3. The molecule has 0 saturated carbocycles. The molecule has 0 amide bonds. The summed E-state index contributed by atoms with van der Waals surface area (Å²) in [4.78, 5) is 0. The van der Waals surface area contributed by atoms with Crippen LogP contribution in [0.15, 0.2) is 0 Å². The Hall–Kier alpha value is 4.90. The van der Waals surface area contributed by atoms with Gasteiger partial charge in [-0.1, -0.05) is 0 Å². The van der Waals surface area contributed by atoms with Crippen LogP contribution in [0.3, 0.4) is 0 Å². The zero-order valence-electron chi connectivity index (χ0n) is 17.9. The molecule has 0 aromatic heterocycles. The Labute approximate surface area is 264 Å². The molecule has 1 heterocycles. The van der Waals surface area contributed by atoms with Crippen molar-refractivity contribution >= 4 is 170 Å². The van der Waals surface area contributed by atoms with E-state index in [0.717, 1.165) is 51.8 Å². The van der Waals surface area contributed by atoms with Gasteiger partial charge in [0, 0.05) is 56.5 Å². The Morgan fingerprint density at radius 3 is 2.06 bits per heavy atom. The zero-order chi connectivity index (χ0) is 23.6. The van der Waals surface area contributed by atoms with Crippen molar-refractivity contribution < 1.29 is 0 Å². The molecule has 1 fully saturated rings. The largest absolute Gasteiger partial charge is 0.179 e. The van der Waals surface area contributed by atoms with Crippen LogP contribution in [0.2, 0.25) is 0 Å². The van der Waals surface area contributed by atoms with E-state index in [9.17, 15) is 0 Å². The number of thiol groups is 6. The van der Waals surface area contributed by atoms with E-state index >= 15 is 0 Å². The Kier molecular flexibility index (Phi) is 25.9. The summed E-state index contributed by atoms with van der Waals surface area (Å²) in [5, 5.41) is 1.05. The molecule has 0 nitrogen and oxygen atoms in total. The monoisotopic (exact) mass is 700 g/mol. The van der Waals surface area contributed by atoms with Gasteiger partial charge in [0.1, 0.15) is 0 Å². The molecule has 14 heteroatoms. The van der Waals surface area contributed by atoms with E-state index in [1.54, 1.807) is 0 Å². The van der Waals surface area contributed by atoms with Gasteiger partial charge >= 0.3 is 0 Å². The SMILES string of the molecule is SCCSCCSCC(SCCS)C1SC(SCCS)CSC(C(S)S)C(SCCS)S1. The molecule has 0 radical (unpaired) electrons. The maximum atomic E-state index is 4.78. The molecule has 0 aliphatic carbocycles. The predicted octanol–water partition coefficient (Wildman–Crippen LogP) is 7.49. The van der Waals surface area contributed by atoms with Crippen molar-refractivity contribution in [2.75, 3.05) is 69.0 Å². The Balaban J connectivity index is 2.92. The van der Waals surface area contributed by atoms with Crippen molar-refractivity contribution in [1.29, 1.82) is 0 Å². The summed E-state index contributed by atoms with van der Waals surface area (Å²) in [5.74, 6) is 13.0. The fourth-order valence-corrected chi connectivity index (χ4v) is 18.1. The van der Waals surface area contributed by atoms with Crippen LogP contribution >= 0.6 is 170 Å². The second-order valence-electron chi connectivity index (χ2n) is 6.38. The van der Waals surface area contributed by atoms with Crippen LogP contribution in [0, 0.1) is 0 Å². The highest BCUT2D eigenvalue weighted by Crippen LogP contribution is 2.51. The van der Waals surface area contributed by atoms with E-state index < -0.39 is 0 Å². The van der Waals surface area contributed by atoms with E-state index in [0.29, 0.717) is 24.2 Å². The quantitative estimate of drug-likeness (QED) is 0.0489. The van der Waals surface area contributed by atoms with Gasteiger partial charge in [-0.25, -0.2) is 0 Å². The lowest BCUT2D eigenvalue weighted by molar-refractivity contribution is 1.03. The van der Waals surface area contributed by atoms with E-state index in [2.05, 4.69) is 133 Å². The number of thioether (sulfide) groups is 8. The molecular weight excluding hydrogens is 665 g/mol. The van der Waals surface area contributed by atoms with Gasteiger partial charge in [0.25, 0.3) is 0 Å². The molecule has 0 aromatic carbocycles. The first-order chi connectivity index (χ1) is 15.6. The van der Waals surface area contributed by atoms with Gasteiger partial charge in [-0.05, 0) is 23.0 Å². The Morgan fingerprint density at radius 2 is 1.41 bits per heavy atom. The standard InChI is InChI=1S/C18H36S14/c19-1-5-25-9-10-26-11-13(27-6-2-20)17-31-14(28-7-3-21)12-30-15(16(23)24)18(32-17)29-8-4-22/h13-24H,1-12H2. The topological polar surface area (TPSA) is 0 Å². The molecule has 32 heavy (non-hydrogen) atoms. The third-order valence-corrected chi connectivity index (χ3v) is 19.9. The summed E-state index contributed by atoms with van der Waals surface area (Å²) in [6, 6.07) is 0. The lowest BCUT2D eigenvalue weighted by Crippen LogP contribution is -2.34. The normalized spacial score (nSPS) is 25.6. The third kappa shape index (κ3) is 16.1. The molecule has 0 spiro atoms. The highest BCUT2D eigenvalue weighted by Gasteiger charge is 2.37. The first-order valence-corrected chi connectivity index (χ1v) is 22.2. The molecule has 1 aliphatic heterocycles. The van der Waals surface area contributed by atoms with Crippen LogP contribution in [0.25, 0.3) is 0 Å². The summed E-state index contributed by atoms with van der Waals surface area (Å²) in [5.41, 5.74) is 0. The van der Waals surface area contributed by atoms with E-state index in [1.807, 2.05) is 11.8 Å². The number of hydrogen-bond acceptors (Lipinski definition) is 14. The fourth-order valence-electron chi connectivity index (χ4n) is 2.57. The van der Waals surface area contributed by atoms with Crippen LogP contribution in [0.1, 0.15) is 0 Å². The molecule has 192 valence electrons. The zero-order valence-corrected chi connectivity index (χ0v) is 29.8. The highest BCUT2D eigenvalue weighted by atomic mass is 32.3. The van der Waals surface area contributed by atoms with Crippen molar-refractivity contribution in [3.8, 4) is 0 Å². The second-order valence-corrected chi connectivity index (χ2v) is 20.7. The molecule has 1 aliphatic rings. The maximum absolute atomic E-state index is 4.78. The molecule has 1 rings (SSSR count). The van der Waals surface area contributed by atoms with Gasteiger partial charge in [0.15, 0.2) is 0 Å². The van der Waals surface area contributed by atoms with E-state index in [1.165, 1.54) is 17.3 Å². The van der Waals surface area contributed by atoms with Crippen LogP contribution < -0.4 is 0 Å². The van der Waals surface area contributed by atoms with Crippen LogP contribution in [-0.4, -0.2) is 97.9 Å². The lowest BCUT2D eigenvalue weighted by Gasteiger charge is -2.38. The van der Waals surface area contributed by atoms with Crippen molar-refractivity contribution in [3.63, 3.8) is 0 Å². The van der Waals surface area contributed by atoms with Crippen LogP contribution in [0.5, 0.6) is 0 Å². The predicted molar refractivity (Wildman–Crippen MR) is 196 cm³/mol. The minimum absolute atomic E-state index is 0.0889. The summed E-state index contributed by atoms with van der Waals surface area (Å²) in [7, 11) is 0. The van der Waals surface area contributed by atoms with Gasteiger partial charge in [-0.2, -0.15) is 123 Å². The summed E-state index contributed by atoms with van der Waals surface area (Å²) < 4.78 is 1.75. The van der Waals surface area contributed by atoms with Crippen LogP contribution in [-0.2, 0) is 0 Å². The lowest BCUT2D eigenvalue weighted by atomic mass is 10.5. The van der Waals surface area contributed by atoms with Crippen LogP contribution in [0.4, 0.5) is 0 Å². The van der Waals surface area contributed by atoms with E-state index in [-0.39, 0.29) is 4.58 Å². The van der Waals surface area contributed by atoms with Gasteiger partial charge in [-0.3, -0.25) is 0 Å². The molecule has 0 aromatic rings. The second kappa shape index (κ2) is 23.8. The minimum Gasteiger partial charge on any atom is -0.179 e. The fraction of sp³-hybridized carbons (Fsp3) is 1.00. The number of hydrogen-bond donors (Lipinski definition) is 6. The summed E-state index contributed by atoms with van der Waals surface area (Å²) >= 11 is 44.2. The molecule has 5 unspecified atom stereocenters. The van der Waals surface area contributed by atoms with Crippen molar-refractivity contribution in [1.82, 2.24) is 0 Å². The minimum atomic E-state index is 0.0889. The Morgan fingerprint density at radius 1 is 0.750 bits per heavy atom. The number of rotatable bonds is 18. The summed E-state index contributed by atoms with van der Waals surface area (Å²) in [6.07, 6.45) is 0. The van der Waals surface area contributed by atoms with Gasteiger partial charge < -0.3 is 0 Å². The molecule has 1 saturated heterocycles. The molecular formula is C18H36S14. The summed E-state index contributed by atoms with van der Waals surface area (Å²) in [6.45, 7) is 0. The van der Waals surface area contributed by atoms with Gasteiger partial charge in [-0.15, -0.1) is 47.0 Å². The van der Waals surface area contributed by atoms with E-state index in [4.69, 9.17) is 25.3 Å². The van der Waals surface area contributed by atoms with Crippen molar-refractivity contribution in [2.45, 2.75) is 28.8 Å². The smallest absolute Gasteiger partial charge is 0.0651 e. The van der Waals surface area contributed by atoms with Gasteiger partial charge in [0.05, 0.1) is 18.3 Å².